The molecule has 1 aromatic rings. The van der Waals surface area contributed by atoms with Crippen LogP contribution < -0.4 is 0 Å². The van der Waals surface area contributed by atoms with Gasteiger partial charge in [-0.1, -0.05) is 0 Å². The Morgan fingerprint density at radius 3 is 2.32 bits per heavy atom. The Morgan fingerprint density at radius 1 is 1.11 bits per heavy atom. The van der Waals surface area contributed by atoms with E-state index in [0.717, 1.165) is 36.3 Å². The van der Waals surface area contributed by atoms with Crippen LogP contribution in [0.2, 0.25) is 0 Å². The lowest BCUT2D eigenvalue weighted by Crippen LogP contribution is -2.47. The molecule has 3 heterocycles. The highest BCUT2D eigenvalue weighted by atomic mass is 16.7. The van der Waals surface area contributed by atoms with E-state index in [4.69, 9.17) is 14.2 Å². The van der Waals surface area contributed by atoms with E-state index < -0.39 is 5.79 Å². The SMILES string of the molecule is CCOC(=O)c1c(C)c(CCC(=O)N2CCC3(CC2)OCCO3)n(CC)c1C. The molecule has 2 aliphatic heterocycles. The Hall–Kier alpha value is -1.86. The molecule has 7 nitrogen and oxygen atoms in total. The summed E-state index contributed by atoms with van der Waals surface area (Å²) in [5.74, 6) is -0.600. The monoisotopic (exact) mass is 392 g/mol. The molecule has 2 saturated heterocycles. The summed E-state index contributed by atoms with van der Waals surface area (Å²) in [6.07, 6.45) is 2.51. The van der Waals surface area contributed by atoms with Crippen LogP contribution >= 0.6 is 0 Å². The van der Waals surface area contributed by atoms with Crippen LogP contribution in [0.4, 0.5) is 0 Å². The van der Waals surface area contributed by atoms with E-state index in [0.29, 0.717) is 51.3 Å². The Bertz CT molecular complexity index is 724. The molecule has 0 radical (unpaired) electrons. The van der Waals surface area contributed by atoms with Gasteiger partial charge in [-0.15, -0.1) is 0 Å². The number of amides is 1. The summed E-state index contributed by atoms with van der Waals surface area (Å²) in [6.45, 7) is 11.5. The number of hydrogen-bond acceptors (Lipinski definition) is 5. The first-order valence-corrected chi connectivity index (χ1v) is 10.3. The molecule has 7 heteroatoms. The number of piperidine rings is 1. The maximum atomic E-state index is 12.8. The van der Waals surface area contributed by atoms with Crippen molar-refractivity contribution < 1.29 is 23.8 Å². The number of carbonyl (C=O) groups excluding carboxylic acids is 2. The van der Waals surface area contributed by atoms with Crippen molar-refractivity contribution in [3.8, 4) is 0 Å². The second-order valence-electron chi connectivity index (χ2n) is 7.49. The number of rotatable bonds is 6. The number of carbonyl (C=O) groups is 2. The van der Waals surface area contributed by atoms with Gasteiger partial charge in [0.1, 0.15) is 0 Å². The minimum Gasteiger partial charge on any atom is -0.462 e. The van der Waals surface area contributed by atoms with Gasteiger partial charge in [0.25, 0.3) is 0 Å². The van der Waals surface area contributed by atoms with Gasteiger partial charge in [0, 0.05) is 50.3 Å². The highest BCUT2D eigenvalue weighted by molar-refractivity contribution is 5.93. The van der Waals surface area contributed by atoms with E-state index in [1.165, 1.54) is 0 Å². The van der Waals surface area contributed by atoms with Gasteiger partial charge in [-0.05, 0) is 39.7 Å². The Balaban J connectivity index is 1.64. The van der Waals surface area contributed by atoms with Crippen molar-refractivity contribution in [3.63, 3.8) is 0 Å². The minimum absolute atomic E-state index is 0.145. The molecule has 0 unspecified atom stereocenters. The normalized spacial score (nSPS) is 18.6. The Kier molecular flexibility index (Phi) is 6.45. The maximum absolute atomic E-state index is 12.8. The summed E-state index contributed by atoms with van der Waals surface area (Å²) < 4.78 is 18.8. The molecule has 1 amide bonds. The van der Waals surface area contributed by atoms with Crippen molar-refractivity contribution in [1.82, 2.24) is 9.47 Å². The fraction of sp³-hybridized carbons (Fsp3) is 0.714. The smallest absolute Gasteiger partial charge is 0.340 e. The summed E-state index contributed by atoms with van der Waals surface area (Å²) in [6, 6.07) is 0. The molecule has 3 rings (SSSR count). The third-order valence-electron chi connectivity index (χ3n) is 5.96. The van der Waals surface area contributed by atoms with E-state index in [-0.39, 0.29) is 11.9 Å². The lowest BCUT2D eigenvalue weighted by molar-refractivity contribution is -0.187. The van der Waals surface area contributed by atoms with Crippen LogP contribution in [0, 0.1) is 13.8 Å². The lowest BCUT2D eigenvalue weighted by Gasteiger charge is -2.37. The van der Waals surface area contributed by atoms with Crippen molar-refractivity contribution in [3.05, 3.63) is 22.5 Å². The second-order valence-corrected chi connectivity index (χ2v) is 7.49. The highest BCUT2D eigenvalue weighted by Gasteiger charge is 2.40. The molecule has 2 fully saturated rings. The molecular formula is C21H32N2O5. The van der Waals surface area contributed by atoms with Crippen LogP contribution in [-0.4, -0.2) is 60.0 Å². The van der Waals surface area contributed by atoms with E-state index in [1.54, 1.807) is 0 Å². The van der Waals surface area contributed by atoms with Crippen LogP contribution in [0.25, 0.3) is 0 Å². The van der Waals surface area contributed by atoms with Gasteiger partial charge in [0.05, 0.1) is 25.4 Å². The third kappa shape index (κ3) is 3.96. The third-order valence-corrected chi connectivity index (χ3v) is 5.96. The van der Waals surface area contributed by atoms with Crippen LogP contribution in [0.3, 0.4) is 0 Å². The Labute approximate surface area is 166 Å². The molecule has 0 aromatic carbocycles. The molecule has 0 saturated carbocycles. The molecule has 156 valence electrons. The molecule has 0 atom stereocenters. The van der Waals surface area contributed by atoms with Crippen molar-refractivity contribution >= 4 is 11.9 Å². The zero-order valence-corrected chi connectivity index (χ0v) is 17.5. The van der Waals surface area contributed by atoms with Gasteiger partial charge < -0.3 is 23.7 Å². The zero-order valence-electron chi connectivity index (χ0n) is 17.5. The standard InChI is InChI=1S/C21H32N2O5/c1-5-23-16(4)19(20(25)26-6-2)15(3)17(23)7-8-18(24)22-11-9-21(10-12-22)27-13-14-28-21/h5-14H2,1-4H3. The quantitative estimate of drug-likeness (QED) is 0.696. The summed E-state index contributed by atoms with van der Waals surface area (Å²) in [4.78, 5) is 27.0. The second kappa shape index (κ2) is 8.66. The number of likely N-dealkylation sites (tertiary alicyclic amines) is 1. The van der Waals surface area contributed by atoms with Crippen LogP contribution in [0.1, 0.15) is 60.4 Å². The van der Waals surface area contributed by atoms with Crippen LogP contribution in [0.15, 0.2) is 0 Å². The number of nitrogens with zero attached hydrogens (tertiary/aromatic N) is 2. The van der Waals surface area contributed by atoms with E-state index >= 15 is 0 Å². The van der Waals surface area contributed by atoms with Gasteiger partial charge >= 0.3 is 5.97 Å². The number of esters is 1. The molecule has 0 N–H and O–H groups in total. The zero-order chi connectivity index (χ0) is 20.3. The summed E-state index contributed by atoms with van der Waals surface area (Å²) in [5, 5.41) is 0. The van der Waals surface area contributed by atoms with Gasteiger partial charge in [-0.2, -0.15) is 0 Å². The van der Waals surface area contributed by atoms with Gasteiger partial charge in [-0.3, -0.25) is 4.79 Å². The predicted molar refractivity (Wildman–Crippen MR) is 104 cm³/mol. The lowest BCUT2D eigenvalue weighted by atomic mass is 10.0. The van der Waals surface area contributed by atoms with Crippen molar-refractivity contribution in [1.29, 1.82) is 0 Å². The first-order valence-electron chi connectivity index (χ1n) is 10.3. The fourth-order valence-electron chi connectivity index (χ4n) is 4.48. The molecule has 0 bridgehead atoms. The van der Waals surface area contributed by atoms with E-state index in [9.17, 15) is 9.59 Å². The molecular weight excluding hydrogens is 360 g/mol. The predicted octanol–water partition coefficient (Wildman–Crippen LogP) is 2.60. The number of aromatic nitrogens is 1. The van der Waals surface area contributed by atoms with Crippen molar-refractivity contribution in [2.24, 2.45) is 0 Å². The number of ether oxygens (including phenoxy) is 3. The molecule has 0 aliphatic carbocycles. The molecule has 1 spiro atoms. The van der Waals surface area contributed by atoms with Gasteiger partial charge in [0.15, 0.2) is 5.79 Å². The van der Waals surface area contributed by atoms with E-state index in [1.807, 2.05) is 25.7 Å². The summed E-state index contributed by atoms with van der Waals surface area (Å²) in [7, 11) is 0. The largest absolute Gasteiger partial charge is 0.462 e. The summed E-state index contributed by atoms with van der Waals surface area (Å²) in [5.41, 5.74) is 3.53. The molecule has 1 aromatic heterocycles. The average Bonchev–Trinajstić information content (AvgIpc) is 3.22. The fourth-order valence-corrected chi connectivity index (χ4v) is 4.48. The van der Waals surface area contributed by atoms with Gasteiger partial charge in [-0.25, -0.2) is 4.79 Å². The van der Waals surface area contributed by atoms with Gasteiger partial charge in [0.2, 0.25) is 5.91 Å². The highest BCUT2D eigenvalue weighted by Crippen LogP contribution is 2.31. The van der Waals surface area contributed by atoms with Crippen LogP contribution in [-0.2, 0) is 32.0 Å². The maximum Gasteiger partial charge on any atom is 0.340 e. The van der Waals surface area contributed by atoms with Crippen molar-refractivity contribution in [2.45, 2.75) is 65.7 Å². The average molecular weight is 392 g/mol. The summed E-state index contributed by atoms with van der Waals surface area (Å²) >= 11 is 0. The van der Waals surface area contributed by atoms with Crippen LogP contribution in [0.5, 0.6) is 0 Å². The first kappa shape index (κ1) is 20.9. The molecule has 2 aliphatic rings. The number of hydrogen-bond donors (Lipinski definition) is 0. The minimum atomic E-state index is -0.462. The molecule has 28 heavy (non-hydrogen) atoms. The topological polar surface area (TPSA) is 70.0 Å². The van der Waals surface area contributed by atoms with Crippen molar-refractivity contribution in [2.75, 3.05) is 32.9 Å². The first-order chi connectivity index (χ1) is 13.4. The van der Waals surface area contributed by atoms with E-state index in [2.05, 4.69) is 11.5 Å². The Morgan fingerprint density at radius 2 is 1.75 bits per heavy atom.